The highest BCUT2D eigenvalue weighted by Gasteiger charge is 2.05. The minimum Gasteiger partial charge on any atom is -0.493 e. The van der Waals surface area contributed by atoms with Crippen molar-refractivity contribution < 1.29 is 9.15 Å². The molecule has 0 spiro atoms. The number of nitrogens with zero attached hydrogens (tertiary/aromatic N) is 2. The van der Waals surface area contributed by atoms with E-state index in [-0.39, 0.29) is 5.63 Å². The molecule has 0 unspecified atom stereocenters. The van der Waals surface area contributed by atoms with E-state index >= 15 is 0 Å². The van der Waals surface area contributed by atoms with E-state index in [1.807, 2.05) is 42.7 Å². The quantitative estimate of drug-likeness (QED) is 0.288. The molecule has 0 atom stereocenters. The molecule has 148 valence electrons. The standard InChI is InChI=1S/C24H24N2O3/c27-23-13-11-19-10-12-21(18-22(19)29-23)28-17-7-2-1-6-15-26-16-14-25-24(26)20-8-4-3-5-9-20/h3-5,8-14,16,18H,1-2,6-7,15,17H2. The molecule has 0 saturated heterocycles. The van der Waals surface area contributed by atoms with Crippen molar-refractivity contribution in [3.63, 3.8) is 0 Å². The highest BCUT2D eigenvalue weighted by molar-refractivity contribution is 5.77. The Labute approximate surface area is 169 Å². The first-order valence-electron chi connectivity index (χ1n) is 10.0. The molecule has 0 aliphatic rings. The lowest BCUT2D eigenvalue weighted by molar-refractivity contribution is 0.304. The average Bonchev–Trinajstić information content (AvgIpc) is 3.22. The number of fused-ring (bicyclic) bond motifs is 1. The van der Waals surface area contributed by atoms with Crippen LogP contribution >= 0.6 is 0 Å². The zero-order chi connectivity index (χ0) is 19.9. The summed E-state index contributed by atoms with van der Waals surface area (Å²) in [7, 11) is 0. The summed E-state index contributed by atoms with van der Waals surface area (Å²) < 4.78 is 13.2. The lowest BCUT2D eigenvalue weighted by atomic mass is 10.2. The average molecular weight is 388 g/mol. The third kappa shape index (κ3) is 4.93. The van der Waals surface area contributed by atoms with Gasteiger partial charge in [0, 0.05) is 42.0 Å². The number of hydrogen-bond donors (Lipinski definition) is 0. The molecule has 0 N–H and O–H groups in total. The molecule has 0 fully saturated rings. The van der Waals surface area contributed by atoms with E-state index in [2.05, 4.69) is 21.7 Å². The molecule has 0 aliphatic carbocycles. The maximum Gasteiger partial charge on any atom is 0.336 e. The Bertz CT molecular complexity index is 1120. The van der Waals surface area contributed by atoms with Crippen molar-refractivity contribution in [1.82, 2.24) is 9.55 Å². The SMILES string of the molecule is O=c1ccc2ccc(OCCCCCCn3ccnc3-c3ccccc3)cc2o1. The van der Waals surface area contributed by atoms with E-state index in [0.29, 0.717) is 12.2 Å². The number of rotatable bonds is 9. The van der Waals surface area contributed by atoms with Gasteiger partial charge in [-0.2, -0.15) is 0 Å². The molecule has 2 aromatic carbocycles. The van der Waals surface area contributed by atoms with Crippen molar-refractivity contribution in [2.75, 3.05) is 6.61 Å². The smallest absolute Gasteiger partial charge is 0.336 e. The number of benzene rings is 2. The number of unbranched alkanes of at least 4 members (excludes halogenated alkanes) is 3. The fourth-order valence-corrected chi connectivity index (χ4v) is 3.40. The maximum absolute atomic E-state index is 11.3. The number of aromatic nitrogens is 2. The van der Waals surface area contributed by atoms with Gasteiger partial charge in [0.05, 0.1) is 6.61 Å². The fraction of sp³-hybridized carbons (Fsp3) is 0.250. The van der Waals surface area contributed by atoms with Crippen LogP contribution in [-0.2, 0) is 6.54 Å². The van der Waals surface area contributed by atoms with Gasteiger partial charge in [0.25, 0.3) is 0 Å². The molecule has 0 amide bonds. The molecular weight excluding hydrogens is 364 g/mol. The zero-order valence-corrected chi connectivity index (χ0v) is 16.3. The number of hydrogen-bond acceptors (Lipinski definition) is 4. The molecule has 0 aliphatic heterocycles. The first-order valence-corrected chi connectivity index (χ1v) is 10.0. The second-order valence-corrected chi connectivity index (χ2v) is 7.03. The van der Waals surface area contributed by atoms with Crippen LogP contribution in [0.5, 0.6) is 5.75 Å². The number of aryl methyl sites for hydroxylation is 1. The van der Waals surface area contributed by atoms with Crippen molar-refractivity contribution in [1.29, 1.82) is 0 Å². The van der Waals surface area contributed by atoms with Gasteiger partial charge in [-0.15, -0.1) is 0 Å². The monoisotopic (exact) mass is 388 g/mol. The second-order valence-electron chi connectivity index (χ2n) is 7.03. The van der Waals surface area contributed by atoms with E-state index < -0.39 is 0 Å². The van der Waals surface area contributed by atoms with E-state index in [1.165, 1.54) is 6.07 Å². The molecule has 4 rings (SSSR count). The normalized spacial score (nSPS) is 11.0. The molecule has 0 radical (unpaired) electrons. The molecular formula is C24H24N2O3. The summed E-state index contributed by atoms with van der Waals surface area (Å²) in [5, 5.41) is 0.895. The zero-order valence-electron chi connectivity index (χ0n) is 16.3. The second kappa shape index (κ2) is 9.24. The van der Waals surface area contributed by atoms with Gasteiger partial charge >= 0.3 is 5.63 Å². The Kier molecular flexibility index (Phi) is 6.05. The predicted molar refractivity (Wildman–Crippen MR) is 114 cm³/mol. The van der Waals surface area contributed by atoms with Gasteiger partial charge in [0.1, 0.15) is 17.2 Å². The van der Waals surface area contributed by atoms with Crippen LogP contribution in [0.25, 0.3) is 22.4 Å². The minimum atomic E-state index is -0.344. The van der Waals surface area contributed by atoms with Crippen LogP contribution < -0.4 is 10.4 Å². The van der Waals surface area contributed by atoms with E-state index in [9.17, 15) is 4.79 Å². The lowest BCUT2D eigenvalue weighted by Gasteiger charge is -2.09. The third-order valence-corrected chi connectivity index (χ3v) is 4.90. The van der Waals surface area contributed by atoms with Crippen LogP contribution in [0, 0.1) is 0 Å². The van der Waals surface area contributed by atoms with Gasteiger partial charge in [-0.1, -0.05) is 43.2 Å². The summed E-state index contributed by atoms with van der Waals surface area (Å²) in [6.45, 7) is 1.62. The summed E-state index contributed by atoms with van der Waals surface area (Å²) >= 11 is 0. The topological polar surface area (TPSA) is 57.3 Å². The van der Waals surface area contributed by atoms with E-state index in [1.54, 1.807) is 12.1 Å². The van der Waals surface area contributed by atoms with Crippen LogP contribution in [0.1, 0.15) is 25.7 Å². The van der Waals surface area contributed by atoms with Gasteiger partial charge in [-0.25, -0.2) is 9.78 Å². The molecule has 2 aromatic heterocycles. The minimum absolute atomic E-state index is 0.344. The highest BCUT2D eigenvalue weighted by atomic mass is 16.5. The molecule has 0 saturated carbocycles. The third-order valence-electron chi connectivity index (χ3n) is 4.90. The Hall–Kier alpha value is -3.34. The first-order chi connectivity index (χ1) is 14.3. The molecule has 0 bridgehead atoms. The summed E-state index contributed by atoms with van der Waals surface area (Å²) in [5.74, 6) is 1.76. The summed E-state index contributed by atoms with van der Waals surface area (Å²) in [4.78, 5) is 15.8. The number of imidazole rings is 1. The van der Waals surface area contributed by atoms with Crippen LogP contribution in [0.15, 0.2) is 82.3 Å². The van der Waals surface area contributed by atoms with Crippen molar-refractivity contribution >= 4 is 11.0 Å². The maximum atomic E-state index is 11.3. The van der Waals surface area contributed by atoms with Gasteiger partial charge < -0.3 is 13.7 Å². The van der Waals surface area contributed by atoms with Crippen LogP contribution in [0.4, 0.5) is 0 Å². The van der Waals surface area contributed by atoms with Crippen molar-refractivity contribution in [3.05, 3.63) is 83.5 Å². The number of ether oxygens (including phenoxy) is 1. The Balaban J connectivity index is 1.19. The summed E-state index contributed by atoms with van der Waals surface area (Å²) in [5.41, 5.74) is 1.37. The van der Waals surface area contributed by atoms with Crippen molar-refractivity contribution in [3.8, 4) is 17.1 Å². The van der Waals surface area contributed by atoms with Gasteiger partial charge in [-0.3, -0.25) is 0 Å². The van der Waals surface area contributed by atoms with E-state index in [4.69, 9.17) is 9.15 Å². The predicted octanol–water partition coefficient (Wildman–Crippen LogP) is 5.30. The lowest BCUT2D eigenvalue weighted by Crippen LogP contribution is -2.01. The molecule has 29 heavy (non-hydrogen) atoms. The van der Waals surface area contributed by atoms with Gasteiger partial charge in [0.2, 0.25) is 0 Å². The summed E-state index contributed by atoms with van der Waals surface area (Å²) in [6, 6.07) is 19.1. The largest absolute Gasteiger partial charge is 0.493 e. The van der Waals surface area contributed by atoms with Gasteiger partial charge in [-0.05, 0) is 31.0 Å². The Morgan fingerprint density at radius 3 is 2.66 bits per heavy atom. The Morgan fingerprint density at radius 2 is 1.76 bits per heavy atom. The molecule has 5 nitrogen and oxygen atoms in total. The van der Waals surface area contributed by atoms with Gasteiger partial charge in [0.15, 0.2) is 0 Å². The fourth-order valence-electron chi connectivity index (χ4n) is 3.40. The molecule has 2 heterocycles. The van der Waals surface area contributed by atoms with Crippen molar-refractivity contribution in [2.45, 2.75) is 32.2 Å². The van der Waals surface area contributed by atoms with Crippen LogP contribution in [-0.4, -0.2) is 16.2 Å². The Morgan fingerprint density at radius 1 is 0.931 bits per heavy atom. The first kappa shape index (κ1) is 19.0. The summed E-state index contributed by atoms with van der Waals surface area (Å²) in [6.07, 6.45) is 8.26. The van der Waals surface area contributed by atoms with Crippen molar-refractivity contribution in [2.24, 2.45) is 0 Å². The van der Waals surface area contributed by atoms with Crippen LogP contribution in [0.2, 0.25) is 0 Å². The molecule has 4 aromatic rings. The van der Waals surface area contributed by atoms with E-state index in [0.717, 1.165) is 54.8 Å². The molecule has 5 heteroatoms. The van der Waals surface area contributed by atoms with Crippen LogP contribution in [0.3, 0.4) is 0 Å². The highest BCUT2D eigenvalue weighted by Crippen LogP contribution is 2.20.